The van der Waals surface area contributed by atoms with Gasteiger partial charge in [0.2, 0.25) is 0 Å². The first kappa shape index (κ1) is 16.6. The molecule has 5 nitrogen and oxygen atoms in total. The Morgan fingerprint density at radius 3 is 2.54 bits per heavy atom. The van der Waals surface area contributed by atoms with E-state index < -0.39 is 0 Å². The molecular formula is C19H27N5. The number of anilines is 3. The molecule has 1 aliphatic heterocycles. The van der Waals surface area contributed by atoms with Crippen LogP contribution in [0.4, 0.5) is 17.3 Å². The van der Waals surface area contributed by atoms with Crippen molar-refractivity contribution in [2.45, 2.75) is 33.2 Å². The second-order valence-electron chi connectivity index (χ2n) is 6.53. The molecule has 5 heteroatoms. The van der Waals surface area contributed by atoms with Crippen LogP contribution >= 0.6 is 0 Å². The van der Waals surface area contributed by atoms with Crippen LogP contribution in [0.2, 0.25) is 0 Å². The number of aromatic nitrogens is 2. The van der Waals surface area contributed by atoms with Crippen molar-refractivity contribution in [2.75, 3.05) is 41.3 Å². The fourth-order valence-electron chi connectivity index (χ4n) is 2.97. The van der Waals surface area contributed by atoms with Gasteiger partial charge in [0.1, 0.15) is 18.0 Å². The summed E-state index contributed by atoms with van der Waals surface area (Å²) in [7, 11) is 0. The lowest BCUT2D eigenvalue weighted by Gasteiger charge is -2.36. The molecule has 0 saturated carbocycles. The normalized spacial score (nSPS) is 16.1. The van der Waals surface area contributed by atoms with E-state index in [4.69, 9.17) is 0 Å². The van der Waals surface area contributed by atoms with Crippen molar-refractivity contribution in [1.82, 2.24) is 9.97 Å². The highest BCUT2D eigenvalue weighted by Crippen LogP contribution is 2.21. The van der Waals surface area contributed by atoms with Gasteiger partial charge in [-0.1, -0.05) is 19.1 Å². The smallest absolute Gasteiger partial charge is 0.134 e. The first-order valence-corrected chi connectivity index (χ1v) is 8.81. The quantitative estimate of drug-likeness (QED) is 0.913. The van der Waals surface area contributed by atoms with Crippen LogP contribution in [-0.4, -0.2) is 42.2 Å². The molecule has 1 aromatic heterocycles. The van der Waals surface area contributed by atoms with Gasteiger partial charge in [-0.2, -0.15) is 0 Å². The van der Waals surface area contributed by atoms with Crippen LogP contribution in [-0.2, 0) is 0 Å². The standard InChI is InChI=1S/C19H27N5/c1-4-16(3)22-18-13-19(21-14-20-18)24-10-8-23(9-11-24)17-7-5-6-15(2)12-17/h5-7,12-14,16H,4,8-11H2,1-3H3,(H,20,21,22). The molecule has 0 aliphatic carbocycles. The monoisotopic (exact) mass is 325 g/mol. The van der Waals surface area contributed by atoms with Gasteiger partial charge in [-0.05, 0) is 38.0 Å². The van der Waals surface area contributed by atoms with E-state index in [1.807, 2.05) is 0 Å². The van der Waals surface area contributed by atoms with E-state index >= 15 is 0 Å². The topological polar surface area (TPSA) is 44.3 Å². The van der Waals surface area contributed by atoms with Crippen LogP contribution < -0.4 is 15.1 Å². The average Bonchev–Trinajstić information content (AvgIpc) is 2.62. The predicted molar refractivity (Wildman–Crippen MR) is 101 cm³/mol. The Labute approximate surface area is 144 Å². The minimum absolute atomic E-state index is 0.422. The molecule has 1 N–H and O–H groups in total. The lowest BCUT2D eigenvalue weighted by Crippen LogP contribution is -2.46. The molecule has 0 radical (unpaired) electrons. The average molecular weight is 325 g/mol. The van der Waals surface area contributed by atoms with Gasteiger partial charge in [-0.3, -0.25) is 0 Å². The lowest BCUT2D eigenvalue weighted by molar-refractivity contribution is 0.646. The number of rotatable bonds is 5. The van der Waals surface area contributed by atoms with Gasteiger partial charge in [0.05, 0.1) is 0 Å². The fraction of sp³-hybridized carbons (Fsp3) is 0.474. The summed E-state index contributed by atoms with van der Waals surface area (Å²) in [5.41, 5.74) is 2.63. The highest BCUT2D eigenvalue weighted by molar-refractivity contribution is 5.53. The summed E-state index contributed by atoms with van der Waals surface area (Å²) in [6.45, 7) is 10.5. The number of piperazine rings is 1. The van der Waals surface area contributed by atoms with E-state index in [-0.39, 0.29) is 0 Å². The lowest BCUT2D eigenvalue weighted by atomic mass is 10.2. The summed E-state index contributed by atoms with van der Waals surface area (Å²) in [5, 5.41) is 3.42. The van der Waals surface area contributed by atoms with Gasteiger partial charge < -0.3 is 15.1 Å². The molecule has 1 saturated heterocycles. The Kier molecular flexibility index (Phi) is 5.18. The van der Waals surface area contributed by atoms with Crippen LogP contribution in [0.1, 0.15) is 25.8 Å². The largest absolute Gasteiger partial charge is 0.368 e. The van der Waals surface area contributed by atoms with E-state index in [1.54, 1.807) is 6.33 Å². The Hall–Kier alpha value is -2.30. The molecule has 2 heterocycles. The number of nitrogens with zero attached hydrogens (tertiary/aromatic N) is 4. The van der Waals surface area contributed by atoms with Gasteiger partial charge in [-0.25, -0.2) is 9.97 Å². The molecule has 0 bridgehead atoms. The zero-order chi connectivity index (χ0) is 16.9. The minimum Gasteiger partial charge on any atom is -0.368 e. The molecule has 24 heavy (non-hydrogen) atoms. The number of aryl methyl sites for hydroxylation is 1. The van der Waals surface area contributed by atoms with Crippen molar-refractivity contribution >= 4 is 17.3 Å². The molecule has 3 rings (SSSR count). The highest BCUT2D eigenvalue weighted by atomic mass is 15.3. The van der Waals surface area contributed by atoms with Crippen LogP contribution in [0.25, 0.3) is 0 Å². The zero-order valence-electron chi connectivity index (χ0n) is 14.9. The molecule has 1 unspecified atom stereocenters. The third-order valence-corrected chi connectivity index (χ3v) is 4.63. The maximum atomic E-state index is 4.46. The van der Waals surface area contributed by atoms with Crippen LogP contribution in [0.15, 0.2) is 36.7 Å². The van der Waals surface area contributed by atoms with E-state index in [0.717, 1.165) is 44.2 Å². The number of benzene rings is 1. The van der Waals surface area contributed by atoms with Gasteiger partial charge in [0, 0.05) is 44.0 Å². The molecule has 1 fully saturated rings. The first-order chi connectivity index (χ1) is 11.7. The van der Waals surface area contributed by atoms with Gasteiger partial charge in [-0.15, -0.1) is 0 Å². The summed E-state index contributed by atoms with van der Waals surface area (Å²) in [4.78, 5) is 13.6. The SMILES string of the molecule is CCC(C)Nc1cc(N2CCN(c3cccc(C)c3)CC2)ncn1. The number of nitrogens with one attached hydrogen (secondary N) is 1. The van der Waals surface area contributed by atoms with E-state index in [1.165, 1.54) is 11.3 Å². The Bertz CT molecular complexity index is 664. The summed E-state index contributed by atoms with van der Waals surface area (Å²) >= 11 is 0. The Morgan fingerprint density at radius 1 is 1.08 bits per heavy atom. The maximum Gasteiger partial charge on any atom is 0.134 e. The van der Waals surface area contributed by atoms with E-state index in [9.17, 15) is 0 Å². The van der Waals surface area contributed by atoms with Crippen molar-refractivity contribution in [1.29, 1.82) is 0 Å². The molecule has 128 valence electrons. The van der Waals surface area contributed by atoms with Crippen LogP contribution in [0, 0.1) is 6.92 Å². The van der Waals surface area contributed by atoms with Crippen molar-refractivity contribution in [2.24, 2.45) is 0 Å². The minimum atomic E-state index is 0.422. The molecule has 0 spiro atoms. The van der Waals surface area contributed by atoms with Gasteiger partial charge in [0.15, 0.2) is 0 Å². The fourth-order valence-corrected chi connectivity index (χ4v) is 2.97. The molecule has 1 aliphatic rings. The Morgan fingerprint density at radius 2 is 1.83 bits per heavy atom. The molecule has 1 atom stereocenters. The van der Waals surface area contributed by atoms with Gasteiger partial charge >= 0.3 is 0 Å². The van der Waals surface area contributed by atoms with Crippen molar-refractivity contribution in [3.63, 3.8) is 0 Å². The second kappa shape index (κ2) is 7.51. The predicted octanol–water partition coefficient (Wildman–Crippen LogP) is 3.32. The summed E-state index contributed by atoms with van der Waals surface area (Å²) < 4.78 is 0. The van der Waals surface area contributed by atoms with Crippen LogP contribution in [0.3, 0.4) is 0 Å². The second-order valence-corrected chi connectivity index (χ2v) is 6.53. The molecular weight excluding hydrogens is 298 g/mol. The van der Waals surface area contributed by atoms with Crippen molar-refractivity contribution in [3.8, 4) is 0 Å². The summed E-state index contributed by atoms with van der Waals surface area (Å²) in [6.07, 6.45) is 2.74. The molecule has 0 amide bonds. The van der Waals surface area contributed by atoms with E-state index in [2.05, 4.69) is 76.2 Å². The van der Waals surface area contributed by atoms with E-state index in [0.29, 0.717) is 6.04 Å². The third-order valence-electron chi connectivity index (χ3n) is 4.63. The maximum absolute atomic E-state index is 4.46. The first-order valence-electron chi connectivity index (χ1n) is 8.81. The number of hydrogen-bond acceptors (Lipinski definition) is 5. The summed E-state index contributed by atoms with van der Waals surface area (Å²) in [6, 6.07) is 11.2. The van der Waals surface area contributed by atoms with Crippen molar-refractivity contribution < 1.29 is 0 Å². The highest BCUT2D eigenvalue weighted by Gasteiger charge is 2.19. The van der Waals surface area contributed by atoms with Crippen LogP contribution in [0.5, 0.6) is 0 Å². The Balaban J connectivity index is 1.63. The zero-order valence-corrected chi connectivity index (χ0v) is 14.9. The third kappa shape index (κ3) is 3.96. The molecule has 1 aromatic carbocycles. The summed E-state index contributed by atoms with van der Waals surface area (Å²) in [5.74, 6) is 1.93. The molecule has 2 aromatic rings. The van der Waals surface area contributed by atoms with Gasteiger partial charge in [0.25, 0.3) is 0 Å². The van der Waals surface area contributed by atoms with Crippen molar-refractivity contribution in [3.05, 3.63) is 42.2 Å². The number of hydrogen-bond donors (Lipinski definition) is 1.